The van der Waals surface area contributed by atoms with E-state index in [4.69, 9.17) is 23.8 Å². The molecule has 58 heavy (non-hydrogen) atoms. The fourth-order valence-corrected chi connectivity index (χ4v) is 8.53. The van der Waals surface area contributed by atoms with Gasteiger partial charge in [0.25, 0.3) is 0 Å². The Bertz CT molecular complexity index is 3570. The molecule has 0 saturated carbocycles. The summed E-state index contributed by atoms with van der Waals surface area (Å²) in [5.41, 5.74) is 10.7. The summed E-state index contributed by atoms with van der Waals surface area (Å²) in [7, 11) is 0. The lowest BCUT2D eigenvalue weighted by Crippen LogP contribution is -2.01. The Balaban J connectivity index is 1.05. The number of para-hydroxylation sites is 2. The molecule has 0 bridgehead atoms. The molecule has 0 saturated heterocycles. The maximum Gasteiger partial charge on any atom is 0.164 e. The van der Waals surface area contributed by atoms with Crippen molar-refractivity contribution in [1.29, 1.82) is 0 Å². The van der Waals surface area contributed by atoms with Crippen LogP contribution in [-0.4, -0.2) is 15.0 Å². The van der Waals surface area contributed by atoms with Crippen molar-refractivity contribution in [2.75, 3.05) is 0 Å². The van der Waals surface area contributed by atoms with Crippen LogP contribution in [0.3, 0.4) is 0 Å². The first-order valence-electron chi connectivity index (χ1n) is 19.4. The average molecular weight is 742 g/mol. The first-order chi connectivity index (χ1) is 28.7. The highest BCUT2D eigenvalue weighted by atomic mass is 16.3. The average Bonchev–Trinajstić information content (AvgIpc) is 3.86. The fraction of sp³-hybridized carbons (Fsp3) is 0. The molecule has 0 radical (unpaired) electrons. The lowest BCUT2D eigenvalue weighted by atomic mass is 9.92. The van der Waals surface area contributed by atoms with Gasteiger partial charge in [-0.25, -0.2) is 15.0 Å². The van der Waals surface area contributed by atoms with Gasteiger partial charge < -0.3 is 8.83 Å². The van der Waals surface area contributed by atoms with Gasteiger partial charge in [-0.3, -0.25) is 0 Å². The lowest BCUT2D eigenvalue weighted by Gasteiger charge is -2.14. The third kappa shape index (κ3) is 5.21. The maximum atomic E-state index is 6.29. The molecule has 0 atom stereocenters. The van der Waals surface area contributed by atoms with Crippen LogP contribution >= 0.6 is 0 Å². The van der Waals surface area contributed by atoms with Gasteiger partial charge in [-0.05, 0) is 86.3 Å². The van der Waals surface area contributed by atoms with Crippen LogP contribution in [0.25, 0.3) is 122 Å². The maximum absolute atomic E-state index is 6.29. The Kier molecular flexibility index (Phi) is 7.16. The zero-order chi connectivity index (χ0) is 38.2. The van der Waals surface area contributed by atoms with Crippen LogP contribution in [0.1, 0.15) is 0 Å². The van der Waals surface area contributed by atoms with Gasteiger partial charge in [0.05, 0.1) is 0 Å². The summed E-state index contributed by atoms with van der Waals surface area (Å²) in [5, 5.41) is 8.76. The number of nitrogens with zero attached hydrogens (tertiary/aromatic N) is 3. The summed E-state index contributed by atoms with van der Waals surface area (Å²) in [4.78, 5) is 15.6. The van der Waals surface area contributed by atoms with E-state index in [1.165, 1.54) is 0 Å². The van der Waals surface area contributed by atoms with E-state index in [-0.39, 0.29) is 0 Å². The first-order valence-corrected chi connectivity index (χ1v) is 19.4. The number of hydrogen-bond donors (Lipinski definition) is 0. The van der Waals surface area contributed by atoms with Crippen molar-refractivity contribution in [3.63, 3.8) is 0 Å². The second-order valence-electron chi connectivity index (χ2n) is 14.7. The summed E-state index contributed by atoms with van der Waals surface area (Å²) in [6, 6.07) is 65.2. The number of fused-ring (bicyclic) bond motifs is 8. The molecule has 0 aliphatic carbocycles. The van der Waals surface area contributed by atoms with Gasteiger partial charge in [-0.1, -0.05) is 146 Å². The molecule has 0 aliphatic rings. The van der Waals surface area contributed by atoms with Gasteiger partial charge in [0, 0.05) is 38.2 Å². The highest BCUT2D eigenvalue weighted by molar-refractivity contribution is 6.16. The Morgan fingerprint density at radius 3 is 1.66 bits per heavy atom. The summed E-state index contributed by atoms with van der Waals surface area (Å²) in [6.45, 7) is 0. The summed E-state index contributed by atoms with van der Waals surface area (Å²) < 4.78 is 12.6. The van der Waals surface area contributed by atoms with Gasteiger partial charge in [-0.15, -0.1) is 0 Å². The molecule has 5 nitrogen and oxygen atoms in total. The second-order valence-corrected chi connectivity index (χ2v) is 14.7. The zero-order valence-electron chi connectivity index (χ0n) is 31.1. The molecule has 12 aromatic rings. The molecular weight excluding hydrogens is 711 g/mol. The fourth-order valence-electron chi connectivity index (χ4n) is 8.53. The Hall–Kier alpha value is -7.89. The van der Waals surface area contributed by atoms with E-state index in [9.17, 15) is 0 Å². The summed E-state index contributed by atoms with van der Waals surface area (Å²) in [5.74, 6) is 1.81. The summed E-state index contributed by atoms with van der Waals surface area (Å²) in [6.07, 6.45) is 0. The molecule has 3 heterocycles. The van der Waals surface area contributed by atoms with E-state index >= 15 is 0 Å². The molecule has 270 valence electrons. The topological polar surface area (TPSA) is 65.0 Å². The lowest BCUT2D eigenvalue weighted by molar-refractivity contribution is 0.669. The quantitative estimate of drug-likeness (QED) is 0.176. The van der Waals surface area contributed by atoms with E-state index in [1.54, 1.807) is 0 Å². The van der Waals surface area contributed by atoms with E-state index in [2.05, 4.69) is 146 Å². The van der Waals surface area contributed by atoms with Crippen molar-refractivity contribution in [1.82, 2.24) is 15.0 Å². The third-order valence-corrected chi connectivity index (χ3v) is 11.3. The van der Waals surface area contributed by atoms with E-state index in [1.807, 2.05) is 42.5 Å². The smallest absolute Gasteiger partial charge is 0.164 e. The number of furan rings is 2. The predicted molar refractivity (Wildman–Crippen MR) is 237 cm³/mol. The minimum absolute atomic E-state index is 0.599. The van der Waals surface area contributed by atoms with Crippen LogP contribution < -0.4 is 0 Å². The molecule has 0 spiro atoms. The van der Waals surface area contributed by atoms with Crippen LogP contribution in [0.15, 0.2) is 197 Å². The molecule has 9 aromatic carbocycles. The molecule has 0 fully saturated rings. The number of benzene rings is 9. The molecule has 3 aromatic heterocycles. The number of hydrogen-bond acceptors (Lipinski definition) is 5. The molecule has 0 N–H and O–H groups in total. The molecule has 12 rings (SSSR count). The Labute approximate surface area is 332 Å². The Morgan fingerprint density at radius 2 is 0.845 bits per heavy atom. The largest absolute Gasteiger partial charge is 0.456 e. The summed E-state index contributed by atoms with van der Waals surface area (Å²) >= 11 is 0. The molecule has 0 aliphatic heterocycles. The van der Waals surface area contributed by atoms with Crippen molar-refractivity contribution in [3.8, 4) is 56.4 Å². The minimum atomic E-state index is 0.599. The van der Waals surface area contributed by atoms with Gasteiger partial charge in [-0.2, -0.15) is 0 Å². The minimum Gasteiger partial charge on any atom is -0.456 e. The van der Waals surface area contributed by atoms with Gasteiger partial charge in [0.2, 0.25) is 0 Å². The van der Waals surface area contributed by atoms with Crippen LogP contribution in [0.5, 0.6) is 0 Å². The highest BCUT2D eigenvalue weighted by Crippen LogP contribution is 2.42. The van der Waals surface area contributed by atoms with Crippen molar-refractivity contribution >= 4 is 65.4 Å². The SMILES string of the molecule is c1ccc(-c2ccc(-c3nc(-c4ccc5cc6c(cc5c4)oc4ccccc46)nc(-c4ccc(-c5cccc6oc7ccccc7c56)c5ccccc45)n3)cc2)cc1. The molecular formula is C53H31N3O2. The van der Waals surface area contributed by atoms with Gasteiger partial charge >= 0.3 is 0 Å². The third-order valence-electron chi connectivity index (χ3n) is 11.3. The first kappa shape index (κ1) is 32.4. The monoisotopic (exact) mass is 741 g/mol. The molecule has 0 amide bonds. The van der Waals surface area contributed by atoms with E-state index in [0.29, 0.717) is 17.5 Å². The van der Waals surface area contributed by atoms with Crippen LogP contribution in [0.4, 0.5) is 0 Å². The number of rotatable bonds is 5. The van der Waals surface area contributed by atoms with E-state index < -0.39 is 0 Å². The van der Waals surface area contributed by atoms with Crippen molar-refractivity contribution in [3.05, 3.63) is 188 Å². The van der Waals surface area contributed by atoms with Crippen molar-refractivity contribution in [2.45, 2.75) is 0 Å². The Morgan fingerprint density at radius 1 is 0.276 bits per heavy atom. The second kappa shape index (κ2) is 12.8. The van der Waals surface area contributed by atoms with Crippen molar-refractivity contribution in [2.24, 2.45) is 0 Å². The molecule has 5 heteroatoms. The van der Waals surface area contributed by atoms with Gasteiger partial charge in [0.15, 0.2) is 17.5 Å². The predicted octanol–water partition coefficient (Wildman–Crippen LogP) is 14.3. The number of aromatic nitrogens is 3. The van der Waals surface area contributed by atoms with Crippen molar-refractivity contribution < 1.29 is 8.83 Å². The standard InChI is InChI=1S/C53H31N3O2/c1-2-11-32(12-3-1)33-21-23-34(24-22-33)51-54-52(36-26-25-35-30-45-41-15-6-8-18-46(41)58-49(45)31-37(35)29-36)56-53(55-51)43-28-27-40(38-13-4-5-14-39(38)43)42-17-10-20-48-50(42)44-16-7-9-19-47(44)57-48/h1-31H. The normalized spacial score (nSPS) is 11.8. The van der Waals surface area contributed by atoms with Crippen LogP contribution in [0, 0.1) is 0 Å². The molecule has 0 unspecified atom stereocenters. The van der Waals surface area contributed by atoms with Crippen LogP contribution in [0.2, 0.25) is 0 Å². The zero-order valence-corrected chi connectivity index (χ0v) is 31.1. The van der Waals surface area contributed by atoms with Gasteiger partial charge in [0.1, 0.15) is 22.3 Å². The highest BCUT2D eigenvalue weighted by Gasteiger charge is 2.19. The van der Waals surface area contributed by atoms with E-state index in [0.717, 1.165) is 104 Å². The van der Waals surface area contributed by atoms with Crippen LogP contribution in [-0.2, 0) is 0 Å².